The molecule has 34 heteroatoms. The summed E-state index contributed by atoms with van der Waals surface area (Å²) in [6, 6.07) is 5.40. The second-order valence-corrected chi connectivity index (χ2v) is 23.6. The van der Waals surface area contributed by atoms with Crippen LogP contribution in [0.5, 0.6) is 17.2 Å². The first-order valence-corrected chi connectivity index (χ1v) is 30.2. The third kappa shape index (κ3) is 17.9. The van der Waals surface area contributed by atoms with Crippen LogP contribution in [0.4, 0.5) is 0 Å². The van der Waals surface area contributed by atoms with E-state index in [2.05, 4.69) is 42.9 Å². The van der Waals surface area contributed by atoms with Crippen molar-refractivity contribution < 1.29 is 127 Å². The number of hydrogen-bond acceptors (Lipinski definition) is 24. The van der Waals surface area contributed by atoms with Crippen LogP contribution in [0.3, 0.4) is 0 Å². The van der Waals surface area contributed by atoms with Crippen LogP contribution in [-0.4, -0.2) is 207 Å². The van der Waals surface area contributed by atoms with Crippen molar-refractivity contribution in [2.75, 3.05) is 26.2 Å². The molecule has 5 heterocycles. The van der Waals surface area contributed by atoms with Crippen molar-refractivity contribution in [2.45, 2.75) is 139 Å². The van der Waals surface area contributed by atoms with Gasteiger partial charge in [-0.2, -0.15) is 5.10 Å². The maximum atomic E-state index is 14.7. The smallest absolute Gasteiger partial charge is 0.691 e. The zero-order valence-corrected chi connectivity index (χ0v) is 53.4. The van der Waals surface area contributed by atoms with Crippen LogP contribution in [0.1, 0.15) is 75.2 Å². The van der Waals surface area contributed by atoms with Gasteiger partial charge in [-0.05, 0) is 55.3 Å². The van der Waals surface area contributed by atoms with E-state index in [0.29, 0.717) is 27.8 Å². The molecular formula is C57H70N11NaO20S2. The third-order valence-electron chi connectivity index (χ3n) is 15.4. The number of nitrogens with zero attached hydrogens (tertiary/aromatic N) is 5. The number of primary amides is 1. The van der Waals surface area contributed by atoms with E-state index < -0.39 is 177 Å². The van der Waals surface area contributed by atoms with Gasteiger partial charge < -0.3 is 92.0 Å². The van der Waals surface area contributed by atoms with E-state index in [1.807, 2.05) is 24.3 Å². The maximum Gasteiger partial charge on any atom is 1.00 e. The number of aromatic hydroxyl groups is 1. The Hall–Kier alpha value is -7.09. The van der Waals surface area contributed by atoms with Gasteiger partial charge >= 0.3 is 29.6 Å². The number of amides is 8. The molecule has 0 radical (unpaired) electrons. The maximum absolute atomic E-state index is 14.7. The second-order valence-electron chi connectivity index (χ2n) is 22.2. The SMILES string of the molecule is CCCCCOc1cccc(-c2nn3cc(-c4ccc(C(=O)N[C@H]5CC(O)CNC(=O)C6C(O)C(C)CN6C(=O)C(C(O)CC(N)=O)NC(=O)C(C(O)Cc6ccc(O)c(OSOO[O-])c6)NC(=O)C6CC(O)CN6C(=O)C(C(C)O)NC5=O)cc4)nc3s2)c1.[Na+]. The zero-order valence-electron chi connectivity index (χ0n) is 49.8. The normalized spacial score (nSPS) is 24.7. The number of nitrogens with two attached hydrogens (primary N) is 1. The average Bonchev–Trinajstić information content (AvgIpc) is 1.96. The number of phenolic OH excluding ortho intramolecular Hbond substituents is 1. The van der Waals surface area contributed by atoms with Gasteiger partial charge in [0.15, 0.2) is 11.5 Å². The Balaban J connectivity index is 0.0000118. The number of carbonyl (C=O) groups is 8. The first-order chi connectivity index (χ1) is 42.9. The number of hydrogen-bond donors (Lipinski definition) is 13. The summed E-state index contributed by atoms with van der Waals surface area (Å²) in [6.07, 6.45) is -8.90. The summed E-state index contributed by atoms with van der Waals surface area (Å²) in [5, 5.41) is 110. The number of fused-ring (bicyclic) bond motifs is 3. The van der Waals surface area contributed by atoms with Crippen LogP contribution in [0.15, 0.2) is 72.9 Å². The number of aliphatic hydroxyl groups is 6. The van der Waals surface area contributed by atoms with Crippen LogP contribution >= 0.6 is 23.7 Å². The number of β-amino-alcohol motifs (C(OH)–C–C–N with tert-alkyl or cyclic N) is 1. The van der Waals surface area contributed by atoms with Crippen molar-refractivity contribution in [1.29, 1.82) is 0 Å². The van der Waals surface area contributed by atoms with Crippen LogP contribution in [-0.2, 0) is 49.4 Å². The molecular weight excluding hydrogens is 1250 g/mol. The number of ether oxygens (including phenoxy) is 1. The van der Waals surface area contributed by atoms with Crippen molar-refractivity contribution in [3.05, 3.63) is 84.1 Å². The molecule has 8 amide bonds. The molecule has 0 bridgehead atoms. The summed E-state index contributed by atoms with van der Waals surface area (Å²) < 4.78 is 16.7. The molecule has 91 heavy (non-hydrogen) atoms. The van der Waals surface area contributed by atoms with Gasteiger partial charge in [-0.25, -0.2) is 9.50 Å². The molecule has 8 rings (SSSR count). The number of carbonyl (C=O) groups excluding carboxylic acids is 8. The minimum Gasteiger partial charge on any atom is -0.691 e. The van der Waals surface area contributed by atoms with E-state index in [1.54, 1.807) is 22.8 Å². The van der Waals surface area contributed by atoms with E-state index in [-0.39, 0.29) is 58.8 Å². The average molecular weight is 1320 g/mol. The first kappa shape index (κ1) is 71.4. The molecule has 3 fully saturated rings. The van der Waals surface area contributed by atoms with Gasteiger partial charge in [0, 0.05) is 61.5 Å². The number of aliphatic hydroxyl groups excluding tert-OH is 6. The summed E-state index contributed by atoms with van der Waals surface area (Å²) in [7, 11) is 0. The molecule has 12 unspecified atom stereocenters. The standard InChI is InChI=1S/C57H71N11O20S2.Na/c1-4-5-6-16-85-35-9-7-8-32(19-35)54-65-68-26-37(61-57(68)89-54)30-11-13-31(14-12-30)49(77)60-36-20-33(70)23-59-53(81)47-48(76)27(2)24-67(47)56(83)46(41(74)22-43(58)75)64-52(80)45(40(73)17-29-10-15-39(72)42(18-29)86-90-88-87-84)63-51(79)38-21-34(71)25-66(38)55(82)44(28(3)69)62-50(36)78;/h7-15,18-19,26-28,33-34,36,38,40-41,44-48,69-74,76,84H,4-6,16-17,20-25H2,1-3H3,(H2,58,75)(H,59,81)(H,60,77)(H,62,78)(H,63,79)(H,64,80);/q;+1/p-1/t27?,28?,33?,34?,36-,38?,40?,41?,44?,45?,46?,47?,48?;/m0./s1. The van der Waals surface area contributed by atoms with Gasteiger partial charge in [0.1, 0.15) is 47.0 Å². The van der Waals surface area contributed by atoms with E-state index in [9.17, 15) is 79.4 Å². The van der Waals surface area contributed by atoms with Crippen molar-refractivity contribution in [1.82, 2.24) is 51.0 Å². The number of unbranched alkanes of at least 4 members (excludes halogenated alkanes) is 2. The molecule has 3 saturated heterocycles. The van der Waals surface area contributed by atoms with E-state index in [1.165, 1.54) is 36.5 Å². The number of imidazole rings is 1. The van der Waals surface area contributed by atoms with E-state index in [4.69, 9.17) is 24.7 Å². The molecule has 5 aromatic rings. The molecule has 13 atom stereocenters. The Morgan fingerprint density at radius 2 is 1.56 bits per heavy atom. The van der Waals surface area contributed by atoms with Gasteiger partial charge in [-0.1, -0.05) is 68.4 Å². The molecule has 0 spiro atoms. The number of nitrogens with one attached hydrogen (secondary N) is 5. The quantitative estimate of drug-likeness (QED) is 0.0114. The zero-order chi connectivity index (χ0) is 65.1. The molecule has 3 aliphatic rings. The van der Waals surface area contributed by atoms with E-state index >= 15 is 0 Å². The summed E-state index contributed by atoms with van der Waals surface area (Å²) in [4.78, 5) is 120. The molecule has 2 aromatic heterocycles. The Morgan fingerprint density at radius 3 is 2.25 bits per heavy atom. The summed E-state index contributed by atoms with van der Waals surface area (Å²) in [6.45, 7) is 3.56. The largest absolute Gasteiger partial charge is 1.00 e. The minimum absolute atomic E-state index is 0. The van der Waals surface area contributed by atoms with Crippen molar-refractivity contribution in [2.24, 2.45) is 11.7 Å². The van der Waals surface area contributed by atoms with Gasteiger partial charge in [0.05, 0.1) is 61.5 Å². The van der Waals surface area contributed by atoms with Crippen LogP contribution in [0.25, 0.3) is 26.8 Å². The summed E-state index contributed by atoms with van der Waals surface area (Å²) >= 11 is 1.34. The first-order valence-electron chi connectivity index (χ1n) is 28.7. The molecule has 31 nitrogen and oxygen atoms in total. The molecule has 14 N–H and O–H groups in total. The van der Waals surface area contributed by atoms with Crippen molar-refractivity contribution in [3.63, 3.8) is 0 Å². The Morgan fingerprint density at radius 1 is 0.846 bits per heavy atom. The molecule has 3 aromatic carbocycles. The molecule has 0 aliphatic carbocycles. The van der Waals surface area contributed by atoms with Gasteiger partial charge in [-0.15, -0.1) is 4.33 Å². The molecule has 3 aliphatic heterocycles. The predicted molar refractivity (Wildman–Crippen MR) is 314 cm³/mol. The van der Waals surface area contributed by atoms with Gasteiger partial charge in [0.2, 0.25) is 46.3 Å². The molecule has 486 valence electrons. The summed E-state index contributed by atoms with van der Waals surface area (Å²) in [5.74, 6) is -10.5. The number of aromatic nitrogens is 3. The predicted octanol–water partition coefficient (Wildman–Crippen LogP) is -5.61. The van der Waals surface area contributed by atoms with Crippen LogP contribution in [0.2, 0.25) is 0 Å². The summed E-state index contributed by atoms with van der Waals surface area (Å²) in [5.41, 5.74) is 7.42. The monoisotopic (exact) mass is 1320 g/mol. The Kier molecular flexibility index (Phi) is 25.5. The van der Waals surface area contributed by atoms with Crippen LogP contribution < -0.4 is 76.1 Å². The fraction of sp³-hybridized carbons (Fsp3) is 0.474. The number of benzene rings is 3. The number of phenols is 1. The Bertz CT molecular complexity index is 3370. The minimum atomic E-state index is -2.22. The Labute approximate surface area is 550 Å². The fourth-order valence-corrected chi connectivity index (χ4v) is 11.8. The number of rotatable bonds is 20. The van der Waals surface area contributed by atoms with Crippen molar-refractivity contribution >= 4 is 75.9 Å². The van der Waals surface area contributed by atoms with Gasteiger partial charge in [-0.3, -0.25) is 43.4 Å². The third-order valence-corrected chi connectivity index (χ3v) is 16.7. The van der Waals surface area contributed by atoms with Crippen LogP contribution in [0, 0.1) is 5.92 Å². The topological polar surface area (TPSA) is 461 Å². The second kappa shape index (κ2) is 32.5. The van der Waals surface area contributed by atoms with E-state index in [0.717, 1.165) is 59.4 Å². The fourth-order valence-electron chi connectivity index (χ4n) is 10.7. The van der Waals surface area contributed by atoms with Crippen molar-refractivity contribution in [3.8, 4) is 39.1 Å². The molecule has 0 saturated carbocycles. The van der Waals surface area contributed by atoms with Gasteiger partial charge in [0.25, 0.3) is 18.2 Å².